The van der Waals surface area contributed by atoms with Gasteiger partial charge in [0.15, 0.2) is 6.61 Å². The lowest BCUT2D eigenvalue weighted by molar-refractivity contribution is -0.136. The third kappa shape index (κ3) is 6.27. The fourth-order valence-electron chi connectivity index (χ4n) is 4.52. The first-order valence-electron chi connectivity index (χ1n) is 12.4. The molecule has 1 fully saturated rings. The van der Waals surface area contributed by atoms with Crippen LogP contribution in [-0.2, 0) is 23.9 Å². The van der Waals surface area contributed by atoms with E-state index in [9.17, 15) is 14.4 Å². The molecule has 1 saturated heterocycles. The Morgan fingerprint density at radius 1 is 1.16 bits per heavy atom. The van der Waals surface area contributed by atoms with E-state index in [1.807, 2.05) is 37.3 Å². The smallest absolute Gasteiger partial charge is 0.340 e. The van der Waals surface area contributed by atoms with E-state index >= 15 is 0 Å². The third-order valence-corrected chi connectivity index (χ3v) is 6.55. The Morgan fingerprint density at radius 3 is 2.54 bits per heavy atom. The molecule has 2 aliphatic heterocycles. The van der Waals surface area contributed by atoms with Gasteiger partial charge in [-0.05, 0) is 56.0 Å². The molecule has 8 nitrogen and oxygen atoms in total. The van der Waals surface area contributed by atoms with Gasteiger partial charge in [-0.3, -0.25) is 9.59 Å². The number of carbonyl (C=O) groups is 3. The first-order valence-corrected chi connectivity index (χ1v) is 12.4. The van der Waals surface area contributed by atoms with Gasteiger partial charge in [0.25, 0.3) is 11.8 Å². The van der Waals surface area contributed by atoms with E-state index in [-0.39, 0.29) is 41.7 Å². The van der Waals surface area contributed by atoms with Gasteiger partial charge in [0, 0.05) is 12.3 Å². The van der Waals surface area contributed by atoms with Crippen LogP contribution in [0.1, 0.15) is 43.9 Å². The number of hydrogen-bond donors (Lipinski definition) is 1. The average molecular weight is 505 g/mol. The summed E-state index contributed by atoms with van der Waals surface area (Å²) in [4.78, 5) is 39.7. The van der Waals surface area contributed by atoms with Crippen LogP contribution in [0.25, 0.3) is 6.08 Å². The highest BCUT2D eigenvalue weighted by molar-refractivity contribution is 6.16. The molecular formula is C29H32N2O6. The van der Waals surface area contributed by atoms with E-state index < -0.39 is 5.97 Å². The van der Waals surface area contributed by atoms with E-state index in [2.05, 4.69) is 5.32 Å². The quantitative estimate of drug-likeness (QED) is 0.413. The molecule has 2 heterocycles. The molecule has 2 atom stereocenters. The van der Waals surface area contributed by atoms with Crippen LogP contribution in [0.2, 0.25) is 0 Å². The number of ether oxygens (including phenoxy) is 3. The van der Waals surface area contributed by atoms with Crippen molar-refractivity contribution < 1.29 is 28.6 Å². The summed E-state index contributed by atoms with van der Waals surface area (Å²) >= 11 is 0. The molecular weight excluding hydrogens is 472 g/mol. The molecule has 0 spiro atoms. The molecule has 1 N–H and O–H groups in total. The van der Waals surface area contributed by atoms with Gasteiger partial charge in [0.2, 0.25) is 0 Å². The molecule has 0 saturated carbocycles. The van der Waals surface area contributed by atoms with Crippen LogP contribution in [0.3, 0.4) is 0 Å². The van der Waals surface area contributed by atoms with Crippen LogP contribution in [0.15, 0.2) is 71.4 Å². The molecule has 8 heteroatoms. The Hall–Kier alpha value is -3.91. The van der Waals surface area contributed by atoms with Crippen molar-refractivity contribution in [1.82, 2.24) is 10.2 Å². The molecule has 2 amide bonds. The normalized spacial score (nSPS) is 19.3. The molecule has 194 valence electrons. The molecule has 4 rings (SSSR count). The zero-order chi connectivity index (χ0) is 26.4. The van der Waals surface area contributed by atoms with Gasteiger partial charge in [-0.1, -0.05) is 42.5 Å². The van der Waals surface area contributed by atoms with Crippen molar-refractivity contribution in [2.45, 2.75) is 38.8 Å². The third-order valence-electron chi connectivity index (χ3n) is 6.55. The maximum absolute atomic E-state index is 13.3. The molecule has 2 aromatic rings. The Balaban J connectivity index is 1.41. The molecule has 2 aromatic carbocycles. The first-order chi connectivity index (χ1) is 17.9. The summed E-state index contributed by atoms with van der Waals surface area (Å²) in [5.74, 6) is -0.517. The minimum absolute atomic E-state index is 0.0403. The number of carbonyl (C=O) groups excluding carboxylic acids is 3. The highest BCUT2D eigenvalue weighted by Gasteiger charge is 2.38. The fraction of sp³-hybridized carbons (Fsp3) is 0.345. The van der Waals surface area contributed by atoms with Gasteiger partial charge in [-0.15, -0.1) is 0 Å². The van der Waals surface area contributed by atoms with Crippen molar-refractivity contribution in [2.75, 3.05) is 26.9 Å². The zero-order valence-corrected chi connectivity index (χ0v) is 21.4. The number of amides is 2. The van der Waals surface area contributed by atoms with Crippen LogP contribution in [0.5, 0.6) is 5.75 Å². The van der Waals surface area contributed by atoms with Gasteiger partial charge < -0.3 is 24.4 Å². The predicted octanol–water partition coefficient (Wildman–Crippen LogP) is 3.79. The second-order valence-electron chi connectivity index (χ2n) is 9.12. The molecule has 0 aromatic heterocycles. The van der Waals surface area contributed by atoms with E-state index in [0.29, 0.717) is 30.2 Å². The number of allylic oxidation sites excluding steroid dienone is 1. The number of hydrogen-bond acceptors (Lipinski definition) is 6. The van der Waals surface area contributed by atoms with E-state index in [0.717, 1.165) is 18.4 Å². The summed E-state index contributed by atoms with van der Waals surface area (Å²) in [5, 5.41) is 2.91. The summed E-state index contributed by atoms with van der Waals surface area (Å²) < 4.78 is 16.3. The monoisotopic (exact) mass is 504 g/mol. The predicted molar refractivity (Wildman–Crippen MR) is 138 cm³/mol. The van der Waals surface area contributed by atoms with Crippen molar-refractivity contribution in [3.05, 3.63) is 82.6 Å². The van der Waals surface area contributed by atoms with Gasteiger partial charge in [-0.25, -0.2) is 4.79 Å². The molecule has 2 aliphatic rings. The van der Waals surface area contributed by atoms with Crippen molar-refractivity contribution in [3.8, 4) is 5.75 Å². The number of esters is 1. The van der Waals surface area contributed by atoms with Crippen molar-refractivity contribution in [1.29, 1.82) is 0 Å². The minimum Gasteiger partial charge on any atom is -0.484 e. The number of benzene rings is 2. The van der Waals surface area contributed by atoms with Crippen LogP contribution >= 0.6 is 0 Å². The number of nitrogens with one attached hydrogen (secondary N) is 1. The minimum atomic E-state index is -0.553. The van der Waals surface area contributed by atoms with Crippen LogP contribution < -0.4 is 10.1 Å². The largest absolute Gasteiger partial charge is 0.484 e. The maximum atomic E-state index is 13.3. The van der Waals surface area contributed by atoms with Gasteiger partial charge >= 0.3 is 5.97 Å². The second-order valence-corrected chi connectivity index (χ2v) is 9.12. The molecule has 0 bridgehead atoms. The molecule has 37 heavy (non-hydrogen) atoms. The molecule has 0 radical (unpaired) electrons. The van der Waals surface area contributed by atoms with Crippen molar-refractivity contribution in [2.24, 2.45) is 0 Å². The standard InChI is InChI=1S/C29H32N2O6/c1-19(22-8-5-4-6-9-22)30-26(32)18-37-23-13-11-21(12-14-23)16-25-27(29(34)35-3)20(2)31(28(25)33)17-24-10-7-15-36-24/h4-6,8-9,11-14,16,19,24H,7,10,15,17-18H2,1-3H3,(H,30,32)/b25-16-/t19-,24+/m1/s1. The van der Waals surface area contributed by atoms with E-state index in [4.69, 9.17) is 14.2 Å². The summed E-state index contributed by atoms with van der Waals surface area (Å²) in [6.07, 6.45) is 3.48. The van der Waals surface area contributed by atoms with Crippen molar-refractivity contribution >= 4 is 23.9 Å². The fourth-order valence-corrected chi connectivity index (χ4v) is 4.52. The van der Waals surface area contributed by atoms with Gasteiger partial charge in [-0.2, -0.15) is 0 Å². The summed E-state index contributed by atoms with van der Waals surface area (Å²) in [6.45, 7) is 4.63. The second kappa shape index (κ2) is 11.9. The highest BCUT2D eigenvalue weighted by Crippen LogP contribution is 2.33. The Labute approximate surface area is 216 Å². The SMILES string of the molecule is COC(=O)C1=C(C)N(C[C@@H]2CCCO2)C(=O)/C1=C\c1ccc(OCC(=O)N[C@H](C)c2ccccc2)cc1. The van der Waals surface area contributed by atoms with Crippen molar-refractivity contribution in [3.63, 3.8) is 0 Å². The van der Waals surface area contributed by atoms with E-state index in [1.165, 1.54) is 7.11 Å². The van der Waals surface area contributed by atoms with Gasteiger partial charge in [0.1, 0.15) is 5.75 Å². The zero-order valence-electron chi connectivity index (χ0n) is 21.4. The Morgan fingerprint density at radius 2 is 1.89 bits per heavy atom. The molecule has 0 aliphatic carbocycles. The first kappa shape index (κ1) is 26.2. The lowest BCUT2D eigenvalue weighted by Gasteiger charge is -2.21. The number of nitrogens with zero attached hydrogens (tertiary/aromatic N) is 1. The van der Waals surface area contributed by atoms with E-state index in [1.54, 1.807) is 42.2 Å². The van der Waals surface area contributed by atoms with Gasteiger partial charge in [0.05, 0.1) is 36.9 Å². The summed E-state index contributed by atoms with van der Waals surface area (Å²) in [5.41, 5.74) is 2.83. The number of methoxy groups -OCH3 is 1. The Bertz CT molecular complexity index is 1200. The summed E-state index contributed by atoms with van der Waals surface area (Å²) in [7, 11) is 1.30. The average Bonchev–Trinajstić information content (AvgIpc) is 3.51. The maximum Gasteiger partial charge on any atom is 0.340 e. The van der Waals surface area contributed by atoms with Crippen LogP contribution in [0, 0.1) is 0 Å². The van der Waals surface area contributed by atoms with Crippen LogP contribution in [0.4, 0.5) is 0 Å². The number of rotatable bonds is 9. The molecule has 0 unspecified atom stereocenters. The highest BCUT2D eigenvalue weighted by atomic mass is 16.5. The summed E-state index contributed by atoms with van der Waals surface area (Å²) in [6, 6.07) is 16.6. The Kier molecular flexibility index (Phi) is 8.40. The topological polar surface area (TPSA) is 94.2 Å². The van der Waals surface area contributed by atoms with Crippen LogP contribution in [-0.4, -0.2) is 55.7 Å². The lowest BCUT2D eigenvalue weighted by Crippen LogP contribution is -2.33. The lowest BCUT2D eigenvalue weighted by atomic mass is 10.0.